The van der Waals surface area contributed by atoms with Gasteiger partial charge in [0.15, 0.2) is 23.0 Å². The van der Waals surface area contributed by atoms with E-state index in [1.807, 2.05) is 50.2 Å². The SMILES string of the molecule is C[C@@H]1C(=O)[C@H](C)[C@@H](c2ccc3c(c2)OCO3)N[C@H]1c1ccc2c(c1)OCO2. The van der Waals surface area contributed by atoms with Gasteiger partial charge in [0.25, 0.3) is 0 Å². The van der Waals surface area contributed by atoms with Crippen molar-refractivity contribution in [3.05, 3.63) is 47.5 Å². The lowest BCUT2D eigenvalue weighted by atomic mass is 9.76. The molecule has 3 aliphatic rings. The summed E-state index contributed by atoms with van der Waals surface area (Å²) in [6, 6.07) is 11.6. The summed E-state index contributed by atoms with van der Waals surface area (Å²) < 4.78 is 21.8. The maximum atomic E-state index is 13.0. The molecule has 1 saturated heterocycles. The summed E-state index contributed by atoms with van der Waals surface area (Å²) in [5, 5.41) is 3.68. The number of rotatable bonds is 2. The predicted octanol–water partition coefficient (Wildman–Crippen LogP) is 3.37. The lowest BCUT2D eigenvalue weighted by molar-refractivity contribution is -0.130. The van der Waals surface area contributed by atoms with Crippen LogP contribution in [0.25, 0.3) is 0 Å². The van der Waals surface area contributed by atoms with Crippen molar-refractivity contribution < 1.29 is 23.7 Å². The molecule has 0 unspecified atom stereocenters. The maximum absolute atomic E-state index is 13.0. The molecule has 1 fully saturated rings. The average Bonchev–Trinajstić information content (AvgIpc) is 3.34. The zero-order chi connectivity index (χ0) is 18.5. The highest BCUT2D eigenvalue weighted by molar-refractivity contribution is 5.85. The van der Waals surface area contributed by atoms with E-state index in [1.165, 1.54) is 0 Å². The molecule has 2 aromatic carbocycles. The number of hydrogen-bond donors (Lipinski definition) is 1. The minimum Gasteiger partial charge on any atom is -0.454 e. The van der Waals surface area contributed by atoms with E-state index in [1.54, 1.807) is 0 Å². The number of fused-ring (bicyclic) bond motifs is 2. The molecular formula is C21H21NO5. The molecule has 140 valence electrons. The van der Waals surface area contributed by atoms with E-state index < -0.39 is 0 Å². The van der Waals surface area contributed by atoms with Crippen LogP contribution in [0.4, 0.5) is 0 Å². The third-order valence-electron chi connectivity index (χ3n) is 5.77. The monoisotopic (exact) mass is 367 g/mol. The van der Waals surface area contributed by atoms with Gasteiger partial charge in [0.2, 0.25) is 13.6 Å². The predicted molar refractivity (Wildman–Crippen MR) is 97.1 cm³/mol. The highest BCUT2D eigenvalue weighted by Crippen LogP contribution is 2.43. The smallest absolute Gasteiger partial charge is 0.231 e. The van der Waals surface area contributed by atoms with Gasteiger partial charge < -0.3 is 24.3 Å². The Morgan fingerprint density at radius 1 is 0.741 bits per heavy atom. The van der Waals surface area contributed by atoms with Gasteiger partial charge in [-0.3, -0.25) is 4.79 Å². The Morgan fingerprint density at radius 2 is 1.19 bits per heavy atom. The molecule has 5 rings (SSSR count). The molecule has 0 bridgehead atoms. The topological polar surface area (TPSA) is 66.0 Å². The maximum Gasteiger partial charge on any atom is 0.231 e. The summed E-state index contributed by atoms with van der Waals surface area (Å²) in [5.74, 6) is 2.93. The fraction of sp³-hybridized carbons (Fsp3) is 0.381. The molecule has 0 saturated carbocycles. The Hall–Kier alpha value is -2.73. The first-order valence-corrected chi connectivity index (χ1v) is 9.20. The fourth-order valence-corrected chi connectivity index (χ4v) is 4.21. The summed E-state index contributed by atoms with van der Waals surface area (Å²) >= 11 is 0. The summed E-state index contributed by atoms with van der Waals surface area (Å²) in [5.41, 5.74) is 2.05. The minimum absolute atomic E-state index is 0.0985. The van der Waals surface area contributed by atoms with E-state index in [4.69, 9.17) is 18.9 Å². The molecule has 0 aromatic heterocycles. The van der Waals surface area contributed by atoms with Crippen LogP contribution in [0.1, 0.15) is 37.1 Å². The molecule has 3 heterocycles. The summed E-state index contributed by atoms with van der Waals surface area (Å²) in [6.45, 7) is 4.44. The van der Waals surface area contributed by atoms with Crippen LogP contribution >= 0.6 is 0 Å². The largest absolute Gasteiger partial charge is 0.454 e. The number of ether oxygens (including phenoxy) is 4. The van der Waals surface area contributed by atoms with Gasteiger partial charge in [0.05, 0.1) is 0 Å². The average molecular weight is 367 g/mol. The van der Waals surface area contributed by atoms with Crippen LogP contribution in [-0.2, 0) is 4.79 Å². The number of nitrogens with one attached hydrogen (secondary N) is 1. The Labute approximate surface area is 157 Å². The highest BCUT2D eigenvalue weighted by atomic mass is 16.7. The molecule has 1 N–H and O–H groups in total. The third-order valence-corrected chi connectivity index (χ3v) is 5.77. The number of benzene rings is 2. The molecule has 0 amide bonds. The second-order valence-electron chi connectivity index (χ2n) is 7.33. The van der Waals surface area contributed by atoms with Gasteiger partial charge in [-0.1, -0.05) is 26.0 Å². The van der Waals surface area contributed by atoms with E-state index in [0.717, 1.165) is 34.1 Å². The Bertz CT molecular complexity index is 840. The number of carbonyl (C=O) groups is 1. The molecule has 2 aromatic rings. The zero-order valence-electron chi connectivity index (χ0n) is 15.2. The Kier molecular flexibility index (Phi) is 3.75. The number of carbonyl (C=O) groups excluding carboxylic acids is 1. The highest BCUT2D eigenvalue weighted by Gasteiger charge is 2.40. The first-order valence-electron chi connectivity index (χ1n) is 9.20. The van der Waals surface area contributed by atoms with E-state index >= 15 is 0 Å². The van der Waals surface area contributed by atoms with Crippen LogP contribution in [0.3, 0.4) is 0 Å². The van der Waals surface area contributed by atoms with Crippen molar-refractivity contribution in [3.63, 3.8) is 0 Å². The van der Waals surface area contributed by atoms with Crippen molar-refractivity contribution >= 4 is 5.78 Å². The zero-order valence-corrected chi connectivity index (χ0v) is 15.2. The van der Waals surface area contributed by atoms with Gasteiger partial charge in [-0.25, -0.2) is 0 Å². The third kappa shape index (κ3) is 2.63. The quantitative estimate of drug-likeness (QED) is 0.878. The standard InChI is InChI=1S/C21H21NO5/c1-11-19(13-3-5-15-17(7-13)26-9-24-15)22-20(12(2)21(11)23)14-4-6-16-18(8-14)27-10-25-16/h3-8,11-12,19-20,22H,9-10H2,1-2H3/t11-,12+,19+,20-. The molecule has 0 aliphatic carbocycles. The molecule has 6 heteroatoms. The van der Waals surface area contributed by atoms with Crippen LogP contribution in [0.2, 0.25) is 0 Å². The lowest BCUT2D eigenvalue weighted by Gasteiger charge is -2.39. The van der Waals surface area contributed by atoms with E-state index in [9.17, 15) is 4.79 Å². The van der Waals surface area contributed by atoms with Crippen molar-refractivity contribution in [2.45, 2.75) is 25.9 Å². The van der Waals surface area contributed by atoms with Gasteiger partial charge in [-0.2, -0.15) is 0 Å². The summed E-state index contributed by atoms with van der Waals surface area (Å²) in [4.78, 5) is 13.0. The molecule has 0 spiro atoms. The Morgan fingerprint density at radius 3 is 1.67 bits per heavy atom. The van der Waals surface area contributed by atoms with Crippen molar-refractivity contribution in [1.29, 1.82) is 0 Å². The summed E-state index contributed by atoms with van der Waals surface area (Å²) in [6.07, 6.45) is 0. The van der Waals surface area contributed by atoms with E-state index in [-0.39, 0.29) is 43.3 Å². The number of Topliss-reactive ketones (excluding diaryl/α,β-unsaturated/α-hetero) is 1. The molecule has 27 heavy (non-hydrogen) atoms. The van der Waals surface area contributed by atoms with Gasteiger partial charge in [-0.05, 0) is 35.4 Å². The molecule has 3 aliphatic heterocycles. The second-order valence-corrected chi connectivity index (χ2v) is 7.33. The van der Waals surface area contributed by atoms with Crippen LogP contribution in [0.15, 0.2) is 36.4 Å². The second kappa shape index (κ2) is 6.16. The molecule has 6 nitrogen and oxygen atoms in total. The molecule has 0 radical (unpaired) electrons. The molecular weight excluding hydrogens is 346 g/mol. The van der Waals surface area contributed by atoms with Crippen LogP contribution in [0.5, 0.6) is 23.0 Å². The van der Waals surface area contributed by atoms with Gasteiger partial charge in [-0.15, -0.1) is 0 Å². The van der Waals surface area contributed by atoms with E-state index in [2.05, 4.69) is 5.32 Å². The van der Waals surface area contributed by atoms with Crippen molar-refractivity contribution in [2.24, 2.45) is 11.8 Å². The molecule has 4 atom stereocenters. The van der Waals surface area contributed by atoms with Crippen LogP contribution in [-0.4, -0.2) is 19.4 Å². The normalized spacial score (nSPS) is 28.4. The first kappa shape index (κ1) is 16.4. The van der Waals surface area contributed by atoms with Gasteiger partial charge >= 0.3 is 0 Å². The number of piperidine rings is 1. The van der Waals surface area contributed by atoms with Crippen LogP contribution < -0.4 is 24.3 Å². The lowest BCUT2D eigenvalue weighted by Crippen LogP contribution is -2.46. The summed E-state index contributed by atoms with van der Waals surface area (Å²) in [7, 11) is 0. The van der Waals surface area contributed by atoms with Crippen LogP contribution in [0, 0.1) is 11.8 Å². The van der Waals surface area contributed by atoms with Gasteiger partial charge in [0.1, 0.15) is 5.78 Å². The number of hydrogen-bond acceptors (Lipinski definition) is 6. The number of ketones is 1. The minimum atomic E-state index is -0.134. The Balaban J connectivity index is 1.49. The first-order chi connectivity index (χ1) is 13.1. The van der Waals surface area contributed by atoms with E-state index in [0.29, 0.717) is 0 Å². The van der Waals surface area contributed by atoms with Crippen molar-refractivity contribution in [1.82, 2.24) is 5.32 Å². The van der Waals surface area contributed by atoms with Crippen molar-refractivity contribution in [3.8, 4) is 23.0 Å². The fourth-order valence-electron chi connectivity index (χ4n) is 4.21. The van der Waals surface area contributed by atoms with Gasteiger partial charge in [0, 0.05) is 23.9 Å². The van der Waals surface area contributed by atoms with Crippen molar-refractivity contribution in [2.75, 3.05) is 13.6 Å².